The van der Waals surface area contributed by atoms with Crippen molar-refractivity contribution in [1.29, 1.82) is 0 Å². The van der Waals surface area contributed by atoms with Crippen LogP contribution in [0.1, 0.15) is 88.2 Å². The molecule has 2 fully saturated rings. The highest BCUT2D eigenvalue weighted by atomic mass is 16.5. The zero-order chi connectivity index (χ0) is 26.9. The summed E-state index contributed by atoms with van der Waals surface area (Å²) in [6, 6.07) is 9.49. The minimum Gasteiger partial charge on any atom is -0.381 e. The fourth-order valence-corrected chi connectivity index (χ4v) is 5.55. The van der Waals surface area contributed by atoms with Gasteiger partial charge in [-0.3, -0.25) is 14.4 Å². The molecule has 1 aromatic heterocycles. The second-order valence-electron chi connectivity index (χ2n) is 11.0. The van der Waals surface area contributed by atoms with Gasteiger partial charge in [0.05, 0.1) is 12.5 Å². The van der Waals surface area contributed by atoms with E-state index in [1.165, 1.54) is 5.56 Å². The molecule has 1 aromatic carbocycles. The Hall–Kier alpha value is -3.00. The number of ketones is 1. The predicted octanol–water partition coefficient (Wildman–Crippen LogP) is 4.16. The van der Waals surface area contributed by atoms with Crippen molar-refractivity contribution in [3.63, 3.8) is 0 Å². The SMILES string of the molecule is C[C@H](CC(=O)[C@H](CC(=O)N1CCCC[C@@H]1C)NC(=O)CC1CCOCC1)c1ncc(Cc2ccccc2)[nH]1. The number of amides is 2. The summed E-state index contributed by atoms with van der Waals surface area (Å²) in [6.45, 7) is 6.06. The number of aromatic nitrogens is 2. The number of hydrogen-bond acceptors (Lipinski definition) is 5. The maximum atomic E-state index is 13.5. The third-order valence-corrected chi connectivity index (χ3v) is 7.90. The molecular weight excluding hydrogens is 480 g/mol. The summed E-state index contributed by atoms with van der Waals surface area (Å²) in [7, 11) is 0. The molecule has 0 bridgehead atoms. The standard InChI is InChI=1S/C30H42N4O4/c1-21(30-31-20-25(32-30)17-23-9-4-3-5-10-23)16-27(35)26(19-29(37)34-13-7-6-8-22(34)2)33-28(36)18-24-11-14-38-15-12-24/h3-5,9-10,20-22,24,26H,6-8,11-19H2,1-2H3,(H,31,32)(H,33,36)/t21-,22+,26+/m1/s1. The van der Waals surface area contributed by atoms with Crippen molar-refractivity contribution < 1.29 is 19.1 Å². The van der Waals surface area contributed by atoms with Crippen molar-refractivity contribution >= 4 is 17.6 Å². The Bertz CT molecular complexity index is 1060. The number of carbonyl (C=O) groups excluding carboxylic acids is 3. The molecule has 2 saturated heterocycles. The molecule has 8 nitrogen and oxygen atoms in total. The molecule has 206 valence electrons. The number of H-pyrrole nitrogens is 1. The Labute approximate surface area is 225 Å². The molecule has 8 heteroatoms. The topological polar surface area (TPSA) is 104 Å². The maximum Gasteiger partial charge on any atom is 0.225 e. The van der Waals surface area contributed by atoms with Gasteiger partial charge >= 0.3 is 0 Å². The lowest BCUT2D eigenvalue weighted by molar-refractivity contribution is -0.138. The number of nitrogens with one attached hydrogen (secondary N) is 2. The van der Waals surface area contributed by atoms with Gasteiger partial charge in [0.25, 0.3) is 0 Å². The minimum atomic E-state index is -0.829. The van der Waals surface area contributed by atoms with Crippen LogP contribution >= 0.6 is 0 Å². The van der Waals surface area contributed by atoms with Gasteiger partial charge in [0, 0.05) is 62.9 Å². The van der Waals surface area contributed by atoms with Crippen LogP contribution in [-0.2, 0) is 25.5 Å². The number of imidazole rings is 1. The molecule has 38 heavy (non-hydrogen) atoms. The van der Waals surface area contributed by atoms with Crippen LogP contribution in [0.15, 0.2) is 36.5 Å². The molecule has 0 aliphatic carbocycles. The van der Waals surface area contributed by atoms with E-state index in [0.29, 0.717) is 26.2 Å². The van der Waals surface area contributed by atoms with Gasteiger partial charge in [0.1, 0.15) is 5.82 Å². The Balaban J connectivity index is 1.39. The second-order valence-corrected chi connectivity index (χ2v) is 11.0. The van der Waals surface area contributed by atoms with Crippen LogP contribution < -0.4 is 5.32 Å². The van der Waals surface area contributed by atoms with Crippen molar-refractivity contribution in [3.05, 3.63) is 53.6 Å². The van der Waals surface area contributed by atoms with Gasteiger partial charge in [-0.25, -0.2) is 4.98 Å². The Morgan fingerprint density at radius 2 is 1.87 bits per heavy atom. The number of aromatic amines is 1. The third-order valence-electron chi connectivity index (χ3n) is 7.90. The van der Waals surface area contributed by atoms with Crippen LogP contribution in [0.5, 0.6) is 0 Å². The number of ether oxygens (including phenoxy) is 1. The Kier molecular flexibility index (Phi) is 10.1. The molecule has 0 spiro atoms. The van der Waals surface area contributed by atoms with E-state index in [2.05, 4.69) is 34.3 Å². The van der Waals surface area contributed by atoms with Gasteiger partial charge in [-0.1, -0.05) is 37.3 Å². The van der Waals surface area contributed by atoms with Crippen molar-refractivity contribution in [1.82, 2.24) is 20.2 Å². The van der Waals surface area contributed by atoms with Gasteiger partial charge in [0.2, 0.25) is 11.8 Å². The van der Waals surface area contributed by atoms with Gasteiger partial charge in [-0.05, 0) is 50.5 Å². The fourth-order valence-electron chi connectivity index (χ4n) is 5.55. The van der Waals surface area contributed by atoms with Crippen LogP contribution in [0.4, 0.5) is 0 Å². The summed E-state index contributed by atoms with van der Waals surface area (Å²) in [6.07, 6.45) is 7.87. The molecule has 4 rings (SSSR count). The maximum absolute atomic E-state index is 13.5. The first-order valence-corrected chi connectivity index (χ1v) is 14.2. The van der Waals surface area contributed by atoms with E-state index in [0.717, 1.165) is 50.0 Å². The van der Waals surface area contributed by atoms with Crippen LogP contribution in [-0.4, -0.2) is 64.3 Å². The van der Waals surface area contributed by atoms with Crippen LogP contribution in [0.2, 0.25) is 0 Å². The number of piperidine rings is 1. The molecule has 3 heterocycles. The molecule has 0 unspecified atom stereocenters. The fraction of sp³-hybridized carbons (Fsp3) is 0.600. The number of nitrogens with zero attached hydrogens (tertiary/aromatic N) is 2. The zero-order valence-electron chi connectivity index (χ0n) is 22.8. The predicted molar refractivity (Wildman–Crippen MR) is 146 cm³/mol. The summed E-state index contributed by atoms with van der Waals surface area (Å²) < 4.78 is 5.41. The lowest BCUT2D eigenvalue weighted by atomic mass is 9.94. The first-order valence-electron chi connectivity index (χ1n) is 14.2. The van der Waals surface area contributed by atoms with Crippen molar-refractivity contribution in [3.8, 4) is 0 Å². The van der Waals surface area contributed by atoms with Crippen molar-refractivity contribution in [2.24, 2.45) is 5.92 Å². The number of hydrogen-bond donors (Lipinski definition) is 2. The van der Waals surface area contributed by atoms with E-state index in [1.54, 1.807) is 0 Å². The summed E-state index contributed by atoms with van der Waals surface area (Å²) in [5, 5.41) is 2.94. The summed E-state index contributed by atoms with van der Waals surface area (Å²) in [4.78, 5) is 49.4. The van der Waals surface area contributed by atoms with Gasteiger partial charge in [-0.15, -0.1) is 0 Å². The summed E-state index contributed by atoms with van der Waals surface area (Å²) >= 11 is 0. The van der Waals surface area contributed by atoms with E-state index >= 15 is 0 Å². The zero-order valence-corrected chi connectivity index (χ0v) is 22.8. The first-order chi connectivity index (χ1) is 18.4. The number of likely N-dealkylation sites (tertiary alicyclic amines) is 1. The van der Waals surface area contributed by atoms with Crippen LogP contribution in [0.25, 0.3) is 0 Å². The highest BCUT2D eigenvalue weighted by Gasteiger charge is 2.31. The molecule has 2 aromatic rings. The first kappa shape index (κ1) is 28.0. The van der Waals surface area contributed by atoms with Crippen LogP contribution in [0.3, 0.4) is 0 Å². The Morgan fingerprint density at radius 3 is 2.61 bits per heavy atom. The number of carbonyl (C=O) groups is 3. The van der Waals surface area contributed by atoms with Crippen LogP contribution in [0, 0.1) is 5.92 Å². The van der Waals surface area contributed by atoms with E-state index < -0.39 is 6.04 Å². The largest absolute Gasteiger partial charge is 0.381 e. The molecule has 0 saturated carbocycles. The minimum absolute atomic E-state index is 0.00677. The molecule has 2 amide bonds. The summed E-state index contributed by atoms with van der Waals surface area (Å²) in [5.41, 5.74) is 2.17. The molecule has 0 radical (unpaired) electrons. The normalized spacial score (nSPS) is 20.1. The van der Waals surface area contributed by atoms with Crippen molar-refractivity contribution in [2.75, 3.05) is 19.8 Å². The second kappa shape index (κ2) is 13.7. The van der Waals surface area contributed by atoms with E-state index in [-0.39, 0.29) is 48.3 Å². The van der Waals surface area contributed by atoms with E-state index in [9.17, 15) is 14.4 Å². The third kappa shape index (κ3) is 8.00. The van der Waals surface area contributed by atoms with E-state index in [4.69, 9.17) is 4.74 Å². The van der Waals surface area contributed by atoms with Gasteiger partial charge < -0.3 is 19.9 Å². The molecule has 2 aliphatic rings. The highest BCUT2D eigenvalue weighted by molar-refractivity contribution is 5.93. The van der Waals surface area contributed by atoms with Gasteiger partial charge in [-0.2, -0.15) is 0 Å². The van der Waals surface area contributed by atoms with Crippen molar-refractivity contribution in [2.45, 2.75) is 89.6 Å². The quantitative estimate of drug-likeness (QED) is 0.461. The molecular formula is C30H42N4O4. The lowest BCUT2D eigenvalue weighted by Gasteiger charge is -2.34. The van der Waals surface area contributed by atoms with Gasteiger partial charge in [0.15, 0.2) is 5.78 Å². The number of rotatable bonds is 11. The highest BCUT2D eigenvalue weighted by Crippen LogP contribution is 2.22. The average Bonchev–Trinajstić information content (AvgIpc) is 3.38. The average molecular weight is 523 g/mol. The number of benzene rings is 1. The summed E-state index contributed by atoms with van der Waals surface area (Å²) in [5.74, 6) is 0.487. The Morgan fingerprint density at radius 1 is 1.11 bits per heavy atom. The van der Waals surface area contributed by atoms with E-state index in [1.807, 2.05) is 36.2 Å². The number of Topliss-reactive ketones (excluding diaryl/α,β-unsaturated/α-hetero) is 1. The molecule has 2 aliphatic heterocycles. The molecule has 3 atom stereocenters. The lowest BCUT2D eigenvalue weighted by Crippen LogP contribution is -2.48. The molecule has 2 N–H and O–H groups in total. The smallest absolute Gasteiger partial charge is 0.225 e. The monoisotopic (exact) mass is 522 g/mol.